The summed E-state index contributed by atoms with van der Waals surface area (Å²) < 4.78 is 5.32. The van der Waals surface area contributed by atoms with Crippen LogP contribution in [0.2, 0.25) is 10.0 Å². The largest absolute Gasteiger partial charge is 0.379 e. The number of nitro groups is 1. The van der Waals surface area contributed by atoms with Gasteiger partial charge in [-0.1, -0.05) is 23.2 Å². The molecular formula is C17H20Cl2N6O3. The molecule has 9 nitrogen and oxygen atoms in total. The third-order valence-electron chi connectivity index (χ3n) is 4.24. The Kier molecular flexibility index (Phi) is 7.21. The van der Waals surface area contributed by atoms with Gasteiger partial charge in [-0.2, -0.15) is 0 Å². The van der Waals surface area contributed by atoms with Crippen LogP contribution >= 0.6 is 23.2 Å². The molecule has 1 saturated heterocycles. The summed E-state index contributed by atoms with van der Waals surface area (Å²) in [4.78, 5) is 21.4. The van der Waals surface area contributed by atoms with Crippen molar-refractivity contribution in [1.29, 1.82) is 0 Å². The molecule has 0 saturated carbocycles. The molecule has 0 bridgehead atoms. The number of benzene rings is 1. The monoisotopic (exact) mass is 426 g/mol. The summed E-state index contributed by atoms with van der Waals surface area (Å²) >= 11 is 12.0. The van der Waals surface area contributed by atoms with Crippen molar-refractivity contribution in [3.05, 3.63) is 44.7 Å². The zero-order valence-electron chi connectivity index (χ0n) is 15.0. The van der Waals surface area contributed by atoms with Crippen LogP contribution < -0.4 is 10.6 Å². The highest BCUT2D eigenvalue weighted by molar-refractivity contribution is 6.36. The molecule has 1 aliphatic rings. The summed E-state index contributed by atoms with van der Waals surface area (Å²) in [6, 6.07) is 4.81. The topological polar surface area (TPSA) is 105 Å². The van der Waals surface area contributed by atoms with E-state index in [-0.39, 0.29) is 17.3 Å². The zero-order chi connectivity index (χ0) is 19.9. The summed E-state index contributed by atoms with van der Waals surface area (Å²) in [5, 5.41) is 18.3. The first-order valence-corrected chi connectivity index (χ1v) is 9.55. The fourth-order valence-corrected chi connectivity index (χ4v) is 3.28. The molecule has 28 heavy (non-hydrogen) atoms. The normalized spacial score (nSPS) is 14.6. The Balaban J connectivity index is 1.67. The lowest BCUT2D eigenvalue weighted by Gasteiger charge is -2.26. The van der Waals surface area contributed by atoms with Gasteiger partial charge in [0, 0.05) is 24.7 Å². The summed E-state index contributed by atoms with van der Waals surface area (Å²) in [6.07, 6.45) is 2.09. The first kappa shape index (κ1) is 20.5. The molecule has 0 spiro atoms. The minimum atomic E-state index is -0.517. The van der Waals surface area contributed by atoms with Gasteiger partial charge >= 0.3 is 5.69 Å². The van der Waals surface area contributed by atoms with E-state index in [9.17, 15) is 10.1 Å². The van der Waals surface area contributed by atoms with E-state index < -0.39 is 4.92 Å². The lowest BCUT2D eigenvalue weighted by molar-refractivity contribution is -0.383. The van der Waals surface area contributed by atoms with Crippen LogP contribution in [-0.2, 0) is 4.74 Å². The first-order chi connectivity index (χ1) is 13.5. The summed E-state index contributed by atoms with van der Waals surface area (Å²) in [6.45, 7) is 4.74. The van der Waals surface area contributed by atoms with Crippen LogP contribution in [0.4, 0.5) is 23.0 Å². The van der Waals surface area contributed by atoms with E-state index in [1.165, 1.54) is 6.33 Å². The Hall–Kier alpha value is -2.20. The number of rotatable bonds is 8. The van der Waals surface area contributed by atoms with Crippen LogP contribution in [0.3, 0.4) is 0 Å². The van der Waals surface area contributed by atoms with Gasteiger partial charge in [0.1, 0.15) is 6.33 Å². The van der Waals surface area contributed by atoms with Crippen molar-refractivity contribution in [3.8, 4) is 0 Å². The van der Waals surface area contributed by atoms with Gasteiger partial charge in [0.25, 0.3) is 0 Å². The van der Waals surface area contributed by atoms with E-state index in [0.29, 0.717) is 22.3 Å². The van der Waals surface area contributed by atoms with E-state index in [4.69, 9.17) is 27.9 Å². The van der Waals surface area contributed by atoms with E-state index in [0.717, 1.165) is 39.3 Å². The Labute approximate surface area is 172 Å². The number of anilines is 3. The van der Waals surface area contributed by atoms with Crippen molar-refractivity contribution in [3.63, 3.8) is 0 Å². The van der Waals surface area contributed by atoms with Crippen LogP contribution in [-0.4, -0.2) is 59.2 Å². The predicted molar refractivity (Wildman–Crippen MR) is 109 cm³/mol. The lowest BCUT2D eigenvalue weighted by atomic mass is 10.3. The van der Waals surface area contributed by atoms with Gasteiger partial charge < -0.3 is 15.4 Å². The van der Waals surface area contributed by atoms with E-state index in [1.54, 1.807) is 18.2 Å². The maximum Gasteiger partial charge on any atom is 0.353 e. The van der Waals surface area contributed by atoms with Gasteiger partial charge in [-0.05, 0) is 31.2 Å². The predicted octanol–water partition coefficient (Wildman–Crippen LogP) is 3.57. The second kappa shape index (κ2) is 9.83. The van der Waals surface area contributed by atoms with E-state index in [2.05, 4.69) is 25.5 Å². The van der Waals surface area contributed by atoms with Crippen LogP contribution in [0.25, 0.3) is 0 Å². The smallest absolute Gasteiger partial charge is 0.353 e. The van der Waals surface area contributed by atoms with Crippen molar-refractivity contribution in [2.45, 2.75) is 6.42 Å². The van der Waals surface area contributed by atoms with Crippen molar-refractivity contribution in [2.75, 3.05) is 50.0 Å². The van der Waals surface area contributed by atoms with Crippen molar-refractivity contribution in [2.24, 2.45) is 0 Å². The number of nitrogens with zero attached hydrogens (tertiary/aromatic N) is 4. The molecule has 0 unspecified atom stereocenters. The third kappa shape index (κ3) is 5.41. The zero-order valence-corrected chi connectivity index (χ0v) is 16.5. The standard InChI is InChI=1S/C17H20Cl2N6O3/c18-12-2-3-14(13(19)10-12)23-17-15(25(26)27)16(21-11-22-17)20-4-1-5-24-6-8-28-9-7-24/h2-3,10-11H,1,4-9H2,(H2,20,21,22,23). The van der Waals surface area contributed by atoms with Gasteiger partial charge in [-0.25, -0.2) is 9.97 Å². The molecule has 1 fully saturated rings. The molecule has 0 radical (unpaired) electrons. The molecule has 3 rings (SSSR count). The van der Waals surface area contributed by atoms with Crippen LogP contribution in [0.5, 0.6) is 0 Å². The molecule has 0 atom stereocenters. The number of hydrogen-bond acceptors (Lipinski definition) is 8. The minimum absolute atomic E-state index is 0.0555. The van der Waals surface area contributed by atoms with Crippen molar-refractivity contribution >= 4 is 46.2 Å². The highest BCUT2D eigenvalue weighted by Gasteiger charge is 2.23. The van der Waals surface area contributed by atoms with Crippen LogP contribution in [0, 0.1) is 10.1 Å². The molecule has 2 N–H and O–H groups in total. The maximum atomic E-state index is 11.6. The number of hydrogen-bond donors (Lipinski definition) is 2. The molecule has 1 aromatic carbocycles. The van der Waals surface area contributed by atoms with Crippen LogP contribution in [0.1, 0.15) is 6.42 Å². The molecular weight excluding hydrogens is 407 g/mol. The van der Waals surface area contributed by atoms with Crippen molar-refractivity contribution in [1.82, 2.24) is 14.9 Å². The third-order valence-corrected chi connectivity index (χ3v) is 4.78. The Bertz CT molecular complexity index is 833. The number of ether oxygens (including phenoxy) is 1. The Morgan fingerprint density at radius 2 is 1.96 bits per heavy atom. The lowest BCUT2D eigenvalue weighted by Crippen LogP contribution is -2.37. The van der Waals surface area contributed by atoms with Gasteiger partial charge in [0.15, 0.2) is 0 Å². The minimum Gasteiger partial charge on any atom is -0.379 e. The molecule has 150 valence electrons. The van der Waals surface area contributed by atoms with Crippen molar-refractivity contribution < 1.29 is 9.66 Å². The summed E-state index contributed by atoms with van der Waals surface area (Å²) in [7, 11) is 0. The molecule has 1 aliphatic heterocycles. The number of nitrogens with one attached hydrogen (secondary N) is 2. The molecule has 1 aromatic heterocycles. The maximum absolute atomic E-state index is 11.6. The SMILES string of the molecule is O=[N+]([O-])c1c(NCCCN2CCOCC2)ncnc1Nc1ccc(Cl)cc1Cl. The summed E-state index contributed by atoms with van der Waals surface area (Å²) in [5.74, 6) is 0.217. The second-order valence-corrected chi connectivity index (χ2v) is 7.00. The van der Waals surface area contributed by atoms with E-state index in [1.807, 2.05) is 0 Å². The summed E-state index contributed by atoms with van der Waals surface area (Å²) in [5.41, 5.74) is 0.228. The molecule has 0 amide bonds. The van der Waals surface area contributed by atoms with Gasteiger partial charge in [-0.3, -0.25) is 15.0 Å². The first-order valence-electron chi connectivity index (χ1n) is 8.80. The molecule has 11 heteroatoms. The highest BCUT2D eigenvalue weighted by Crippen LogP contribution is 2.34. The van der Waals surface area contributed by atoms with Gasteiger partial charge in [0.05, 0.1) is 28.8 Å². The van der Waals surface area contributed by atoms with Crippen LogP contribution in [0.15, 0.2) is 24.5 Å². The van der Waals surface area contributed by atoms with Gasteiger partial charge in [-0.15, -0.1) is 0 Å². The number of aromatic nitrogens is 2. The Morgan fingerprint density at radius 1 is 1.21 bits per heavy atom. The fourth-order valence-electron chi connectivity index (χ4n) is 2.83. The highest BCUT2D eigenvalue weighted by atomic mass is 35.5. The van der Waals surface area contributed by atoms with Gasteiger partial charge in [0.2, 0.25) is 11.6 Å². The average Bonchev–Trinajstić information content (AvgIpc) is 2.68. The number of halogens is 2. The number of morpholine rings is 1. The Morgan fingerprint density at radius 3 is 2.68 bits per heavy atom. The second-order valence-electron chi connectivity index (χ2n) is 6.16. The fraction of sp³-hybridized carbons (Fsp3) is 0.412. The quantitative estimate of drug-likeness (QED) is 0.374. The molecule has 2 heterocycles. The average molecular weight is 427 g/mol. The molecule has 0 aliphatic carbocycles. The van der Waals surface area contributed by atoms with E-state index >= 15 is 0 Å². The molecule has 2 aromatic rings.